The predicted octanol–water partition coefficient (Wildman–Crippen LogP) is 3.33. The van der Waals surface area contributed by atoms with Crippen LogP contribution in [0.25, 0.3) is 0 Å². The van der Waals surface area contributed by atoms with E-state index in [1.54, 1.807) is 14.2 Å². The van der Waals surface area contributed by atoms with Crippen LogP contribution in [0.1, 0.15) is 24.8 Å². The van der Waals surface area contributed by atoms with Crippen LogP contribution in [0.5, 0.6) is 11.5 Å². The third-order valence-electron chi connectivity index (χ3n) is 3.09. The molecule has 0 aliphatic rings. The zero-order valence-electron chi connectivity index (χ0n) is 11.6. The molecule has 0 spiro atoms. The summed E-state index contributed by atoms with van der Waals surface area (Å²) in [6.07, 6.45) is 0. The van der Waals surface area contributed by atoms with E-state index < -0.39 is 0 Å². The van der Waals surface area contributed by atoms with Gasteiger partial charge >= 0.3 is 0 Å². The van der Waals surface area contributed by atoms with Gasteiger partial charge in [-0.05, 0) is 19.2 Å². The summed E-state index contributed by atoms with van der Waals surface area (Å²) in [5, 5.41) is -0.0780. The van der Waals surface area contributed by atoms with Crippen molar-refractivity contribution in [3.8, 4) is 11.5 Å². The highest BCUT2D eigenvalue weighted by Gasteiger charge is 2.16. The van der Waals surface area contributed by atoms with Crippen molar-refractivity contribution in [2.75, 3.05) is 33.9 Å². The maximum Gasteiger partial charge on any atom is 0.127 e. The van der Waals surface area contributed by atoms with Crippen LogP contribution in [0.4, 0.5) is 0 Å². The summed E-state index contributed by atoms with van der Waals surface area (Å²) in [6.45, 7) is 7.09. The summed E-state index contributed by atoms with van der Waals surface area (Å²) in [5.41, 5.74) is 1.01. The van der Waals surface area contributed by atoms with E-state index in [1.807, 2.05) is 18.2 Å². The molecule has 18 heavy (non-hydrogen) atoms. The fourth-order valence-electron chi connectivity index (χ4n) is 1.88. The van der Waals surface area contributed by atoms with E-state index in [9.17, 15) is 0 Å². The first-order chi connectivity index (χ1) is 8.65. The minimum absolute atomic E-state index is 0.0780. The fraction of sp³-hybridized carbons (Fsp3) is 0.571. The summed E-state index contributed by atoms with van der Waals surface area (Å²) >= 11 is 6.48. The molecule has 1 aromatic carbocycles. The Morgan fingerprint density at radius 3 is 2.33 bits per heavy atom. The van der Waals surface area contributed by atoms with Crippen molar-refractivity contribution in [2.45, 2.75) is 19.2 Å². The summed E-state index contributed by atoms with van der Waals surface area (Å²) in [5.74, 6) is 1.56. The Labute approximate surface area is 115 Å². The molecule has 0 fully saturated rings. The van der Waals surface area contributed by atoms with E-state index in [0.717, 1.165) is 36.7 Å². The van der Waals surface area contributed by atoms with Crippen LogP contribution < -0.4 is 9.47 Å². The smallest absolute Gasteiger partial charge is 0.127 e. The lowest BCUT2D eigenvalue weighted by Crippen LogP contribution is -2.26. The third kappa shape index (κ3) is 3.79. The van der Waals surface area contributed by atoms with Gasteiger partial charge in [-0.1, -0.05) is 19.9 Å². The van der Waals surface area contributed by atoms with Gasteiger partial charge in [0.05, 0.1) is 19.6 Å². The molecule has 1 rings (SSSR count). The Morgan fingerprint density at radius 2 is 1.83 bits per heavy atom. The van der Waals surface area contributed by atoms with Gasteiger partial charge in [-0.3, -0.25) is 0 Å². The molecule has 0 heterocycles. The van der Waals surface area contributed by atoms with Gasteiger partial charge in [0.1, 0.15) is 11.5 Å². The van der Waals surface area contributed by atoms with Crippen molar-refractivity contribution in [1.82, 2.24) is 4.90 Å². The second-order valence-electron chi connectivity index (χ2n) is 4.06. The number of likely N-dealkylation sites (N-methyl/N-ethyl adjacent to an activating group) is 1. The van der Waals surface area contributed by atoms with Gasteiger partial charge < -0.3 is 14.4 Å². The first-order valence-corrected chi connectivity index (χ1v) is 6.68. The predicted molar refractivity (Wildman–Crippen MR) is 75.9 cm³/mol. The molecule has 0 aliphatic carbocycles. The number of hydrogen-bond acceptors (Lipinski definition) is 3. The van der Waals surface area contributed by atoms with E-state index in [2.05, 4.69) is 18.7 Å². The molecule has 0 N–H and O–H groups in total. The first kappa shape index (κ1) is 15.1. The molecule has 0 radical (unpaired) electrons. The minimum Gasteiger partial charge on any atom is -0.497 e. The minimum atomic E-state index is -0.0780. The van der Waals surface area contributed by atoms with Crippen molar-refractivity contribution in [2.24, 2.45) is 0 Å². The molecule has 0 amide bonds. The van der Waals surface area contributed by atoms with Crippen LogP contribution >= 0.6 is 11.6 Å². The molecule has 1 aromatic rings. The fourth-order valence-corrected chi connectivity index (χ4v) is 2.26. The molecule has 1 atom stereocenters. The lowest BCUT2D eigenvalue weighted by Gasteiger charge is -2.22. The van der Waals surface area contributed by atoms with E-state index in [0.29, 0.717) is 0 Å². The number of benzene rings is 1. The van der Waals surface area contributed by atoms with Crippen molar-refractivity contribution < 1.29 is 9.47 Å². The van der Waals surface area contributed by atoms with Gasteiger partial charge in [0, 0.05) is 18.2 Å². The van der Waals surface area contributed by atoms with Gasteiger partial charge in [-0.2, -0.15) is 0 Å². The Kier molecular flexibility index (Phi) is 6.30. The molecule has 1 unspecified atom stereocenters. The second-order valence-corrected chi connectivity index (χ2v) is 4.59. The lowest BCUT2D eigenvalue weighted by atomic mass is 10.1. The SMILES string of the molecule is CCN(CC)CC(Cl)c1ccc(OC)cc1OC. The normalized spacial score (nSPS) is 12.6. The Morgan fingerprint density at radius 1 is 1.17 bits per heavy atom. The number of methoxy groups -OCH3 is 2. The number of rotatable bonds is 7. The third-order valence-corrected chi connectivity index (χ3v) is 3.46. The topological polar surface area (TPSA) is 21.7 Å². The zero-order valence-corrected chi connectivity index (χ0v) is 12.3. The number of hydrogen-bond donors (Lipinski definition) is 0. The van der Waals surface area contributed by atoms with Gasteiger partial charge in [-0.25, -0.2) is 0 Å². The molecule has 0 aliphatic heterocycles. The molecule has 0 bridgehead atoms. The standard InChI is InChI=1S/C14H22ClNO2/c1-5-16(6-2)10-13(15)12-8-7-11(17-3)9-14(12)18-4/h7-9,13H,5-6,10H2,1-4H3. The van der Waals surface area contributed by atoms with Gasteiger partial charge in [0.15, 0.2) is 0 Å². The van der Waals surface area contributed by atoms with Crippen molar-refractivity contribution in [1.29, 1.82) is 0 Å². The molecule has 3 nitrogen and oxygen atoms in total. The highest BCUT2D eigenvalue weighted by Crippen LogP contribution is 2.33. The van der Waals surface area contributed by atoms with Crippen LogP contribution in [0, 0.1) is 0 Å². The average molecular weight is 272 g/mol. The Balaban J connectivity index is 2.87. The molecule has 0 saturated heterocycles. The van der Waals surface area contributed by atoms with Gasteiger partial charge in [0.2, 0.25) is 0 Å². The van der Waals surface area contributed by atoms with E-state index in [4.69, 9.17) is 21.1 Å². The number of halogens is 1. The van der Waals surface area contributed by atoms with Crippen LogP contribution in [-0.2, 0) is 0 Å². The maximum absolute atomic E-state index is 6.48. The van der Waals surface area contributed by atoms with Crippen LogP contribution in [-0.4, -0.2) is 38.8 Å². The largest absolute Gasteiger partial charge is 0.497 e. The first-order valence-electron chi connectivity index (χ1n) is 6.24. The summed E-state index contributed by atoms with van der Waals surface area (Å²) < 4.78 is 10.6. The van der Waals surface area contributed by atoms with Crippen LogP contribution in [0.3, 0.4) is 0 Å². The Hall–Kier alpha value is -0.930. The molecular formula is C14H22ClNO2. The Bertz CT molecular complexity index is 367. The average Bonchev–Trinajstić information content (AvgIpc) is 2.43. The number of nitrogens with zero attached hydrogens (tertiary/aromatic N) is 1. The summed E-state index contributed by atoms with van der Waals surface area (Å²) in [6, 6.07) is 5.75. The van der Waals surface area contributed by atoms with Crippen LogP contribution in [0.2, 0.25) is 0 Å². The molecular weight excluding hydrogens is 250 g/mol. The van der Waals surface area contributed by atoms with E-state index in [-0.39, 0.29) is 5.38 Å². The van der Waals surface area contributed by atoms with Crippen molar-refractivity contribution >= 4 is 11.6 Å². The maximum atomic E-state index is 6.48. The van der Waals surface area contributed by atoms with Crippen LogP contribution in [0.15, 0.2) is 18.2 Å². The second kappa shape index (κ2) is 7.49. The van der Waals surface area contributed by atoms with E-state index >= 15 is 0 Å². The lowest BCUT2D eigenvalue weighted by molar-refractivity contribution is 0.301. The van der Waals surface area contributed by atoms with Crippen molar-refractivity contribution in [3.05, 3.63) is 23.8 Å². The molecule has 4 heteroatoms. The number of alkyl halides is 1. The summed E-state index contributed by atoms with van der Waals surface area (Å²) in [7, 11) is 3.29. The quantitative estimate of drug-likeness (QED) is 0.710. The number of ether oxygens (including phenoxy) is 2. The summed E-state index contributed by atoms with van der Waals surface area (Å²) in [4.78, 5) is 2.29. The molecule has 0 saturated carbocycles. The highest BCUT2D eigenvalue weighted by molar-refractivity contribution is 6.21. The zero-order chi connectivity index (χ0) is 13.5. The highest BCUT2D eigenvalue weighted by atomic mass is 35.5. The van der Waals surface area contributed by atoms with Gasteiger partial charge in [-0.15, -0.1) is 11.6 Å². The van der Waals surface area contributed by atoms with E-state index in [1.165, 1.54) is 0 Å². The van der Waals surface area contributed by atoms with Gasteiger partial charge in [0.25, 0.3) is 0 Å². The monoisotopic (exact) mass is 271 g/mol. The van der Waals surface area contributed by atoms with Crippen molar-refractivity contribution in [3.63, 3.8) is 0 Å². The molecule has 0 aromatic heterocycles. The molecule has 102 valence electrons.